The first-order valence-corrected chi connectivity index (χ1v) is 11.0. The number of aromatic nitrogens is 3. The van der Waals surface area contributed by atoms with Crippen LogP contribution >= 0.6 is 0 Å². The molecule has 2 aliphatic rings. The molecule has 3 heterocycles. The Bertz CT molecular complexity index is 855. The molecule has 30 heavy (non-hydrogen) atoms. The molecular weight excluding hydrogens is 378 g/mol. The van der Waals surface area contributed by atoms with Crippen LogP contribution in [0.1, 0.15) is 54.2 Å². The summed E-state index contributed by atoms with van der Waals surface area (Å²) in [6.45, 7) is 4.58. The molecular formula is C23H31N5O2. The van der Waals surface area contributed by atoms with Crippen molar-refractivity contribution in [1.29, 1.82) is 0 Å². The predicted molar refractivity (Wildman–Crippen MR) is 117 cm³/mol. The molecule has 4 rings (SSSR count). The molecule has 0 saturated carbocycles. The van der Waals surface area contributed by atoms with Crippen LogP contribution in [-0.4, -0.2) is 70.5 Å². The van der Waals surface area contributed by atoms with E-state index in [0.29, 0.717) is 5.69 Å². The Morgan fingerprint density at radius 1 is 1.13 bits per heavy atom. The smallest absolute Gasteiger partial charge is 0.276 e. The molecule has 2 aliphatic heterocycles. The van der Waals surface area contributed by atoms with Crippen LogP contribution in [0, 0.1) is 0 Å². The van der Waals surface area contributed by atoms with Gasteiger partial charge in [-0.05, 0) is 56.3 Å². The standard InChI is InChI=1S/C23H31N5O2/c1-30-21-11-9-19(10-12-21)7-5-13-26-14-6-8-20(17-26)28-18-22(24-25-28)23(29)27-15-3-2-4-16-27/h5,7,9-12,18,20H,2-4,6,8,13-17H2,1H3/b7-5+/t20-/m1/s1. The molecule has 1 aromatic carbocycles. The number of carbonyl (C=O) groups excluding carboxylic acids is 1. The number of piperidine rings is 2. The number of ether oxygens (including phenoxy) is 1. The predicted octanol–water partition coefficient (Wildman–Crippen LogP) is 3.26. The van der Waals surface area contributed by atoms with Gasteiger partial charge < -0.3 is 9.64 Å². The third kappa shape index (κ3) is 5.08. The number of methoxy groups -OCH3 is 1. The highest BCUT2D eigenvalue weighted by atomic mass is 16.5. The van der Waals surface area contributed by atoms with Crippen molar-refractivity contribution in [3.05, 3.63) is 47.8 Å². The first kappa shape index (κ1) is 20.6. The molecule has 7 nitrogen and oxygen atoms in total. The summed E-state index contributed by atoms with van der Waals surface area (Å²) in [5.74, 6) is 0.896. The van der Waals surface area contributed by atoms with Gasteiger partial charge in [-0.15, -0.1) is 5.10 Å². The highest BCUT2D eigenvalue weighted by Gasteiger charge is 2.25. The summed E-state index contributed by atoms with van der Waals surface area (Å²) in [5.41, 5.74) is 1.65. The second kappa shape index (κ2) is 9.89. The Hall–Kier alpha value is -2.67. The minimum Gasteiger partial charge on any atom is -0.497 e. The molecule has 7 heteroatoms. The Kier molecular flexibility index (Phi) is 6.79. The first-order chi connectivity index (χ1) is 14.7. The minimum absolute atomic E-state index is 0.0241. The summed E-state index contributed by atoms with van der Waals surface area (Å²) >= 11 is 0. The summed E-state index contributed by atoms with van der Waals surface area (Å²) in [4.78, 5) is 17.0. The van der Waals surface area contributed by atoms with Crippen LogP contribution < -0.4 is 4.74 Å². The average Bonchev–Trinajstić information content (AvgIpc) is 3.30. The van der Waals surface area contributed by atoms with E-state index in [1.54, 1.807) is 7.11 Å². The second-order valence-electron chi connectivity index (χ2n) is 8.17. The number of rotatable bonds is 6. The van der Waals surface area contributed by atoms with Crippen molar-refractivity contribution in [1.82, 2.24) is 24.8 Å². The number of hydrogen-bond acceptors (Lipinski definition) is 5. The number of likely N-dealkylation sites (tertiary alicyclic amines) is 2. The molecule has 0 aliphatic carbocycles. The van der Waals surface area contributed by atoms with Gasteiger partial charge in [-0.1, -0.05) is 29.5 Å². The molecule has 0 radical (unpaired) electrons. The van der Waals surface area contributed by atoms with Gasteiger partial charge in [-0.2, -0.15) is 0 Å². The van der Waals surface area contributed by atoms with Crippen molar-refractivity contribution < 1.29 is 9.53 Å². The second-order valence-corrected chi connectivity index (χ2v) is 8.17. The molecule has 2 saturated heterocycles. The molecule has 0 N–H and O–H groups in total. The lowest BCUT2D eigenvalue weighted by molar-refractivity contribution is 0.0718. The fraction of sp³-hybridized carbons (Fsp3) is 0.522. The maximum Gasteiger partial charge on any atom is 0.276 e. The van der Waals surface area contributed by atoms with Gasteiger partial charge in [0.2, 0.25) is 0 Å². The normalized spacial score (nSPS) is 20.6. The van der Waals surface area contributed by atoms with E-state index in [0.717, 1.165) is 64.2 Å². The van der Waals surface area contributed by atoms with Gasteiger partial charge in [0, 0.05) is 26.2 Å². The van der Waals surface area contributed by atoms with Crippen molar-refractivity contribution in [2.24, 2.45) is 0 Å². The molecule has 1 amide bonds. The summed E-state index contributed by atoms with van der Waals surface area (Å²) < 4.78 is 7.10. The molecule has 0 bridgehead atoms. The molecule has 2 fully saturated rings. The molecule has 1 atom stereocenters. The zero-order valence-corrected chi connectivity index (χ0v) is 17.7. The van der Waals surface area contributed by atoms with Crippen LogP contribution in [0.5, 0.6) is 5.75 Å². The number of nitrogens with zero attached hydrogens (tertiary/aromatic N) is 5. The average molecular weight is 410 g/mol. The number of hydrogen-bond donors (Lipinski definition) is 0. The lowest BCUT2D eigenvalue weighted by Gasteiger charge is -2.31. The van der Waals surface area contributed by atoms with Gasteiger partial charge in [0.15, 0.2) is 5.69 Å². The molecule has 160 valence electrons. The van der Waals surface area contributed by atoms with Crippen LogP contribution in [0.2, 0.25) is 0 Å². The maximum absolute atomic E-state index is 12.7. The van der Waals surface area contributed by atoms with E-state index in [1.165, 1.54) is 12.0 Å². The van der Waals surface area contributed by atoms with E-state index >= 15 is 0 Å². The third-order valence-electron chi connectivity index (χ3n) is 6.02. The van der Waals surface area contributed by atoms with Gasteiger partial charge in [-0.3, -0.25) is 9.69 Å². The maximum atomic E-state index is 12.7. The van der Waals surface area contributed by atoms with Gasteiger partial charge in [0.25, 0.3) is 5.91 Å². The van der Waals surface area contributed by atoms with E-state index in [1.807, 2.05) is 27.9 Å². The number of benzene rings is 1. The van der Waals surface area contributed by atoms with E-state index in [-0.39, 0.29) is 11.9 Å². The lowest BCUT2D eigenvalue weighted by Crippen LogP contribution is -2.37. The van der Waals surface area contributed by atoms with Crippen molar-refractivity contribution in [3.63, 3.8) is 0 Å². The molecule has 0 spiro atoms. The fourth-order valence-electron chi connectivity index (χ4n) is 4.28. The highest BCUT2D eigenvalue weighted by molar-refractivity contribution is 5.91. The zero-order valence-electron chi connectivity index (χ0n) is 17.7. The Morgan fingerprint density at radius 2 is 1.93 bits per heavy atom. The van der Waals surface area contributed by atoms with Gasteiger partial charge in [0.1, 0.15) is 5.75 Å². The van der Waals surface area contributed by atoms with Crippen LogP contribution in [0.15, 0.2) is 36.5 Å². The quantitative estimate of drug-likeness (QED) is 0.733. The fourth-order valence-corrected chi connectivity index (χ4v) is 4.28. The van der Waals surface area contributed by atoms with Gasteiger partial charge in [0.05, 0.1) is 19.3 Å². The monoisotopic (exact) mass is 409 g/mol. The van der Waals surface area contributed by atoms with Crippen LogP contribution in [0.4, 0.5) is 0 Å². The van der Waals surface area contributed by atoms with E-state index in [9.17, 15) is 4.79 Å². The zero-order chi connectivity index (χ0) is 20.8. The Morgan fingerprint density at radius 3 is 2.70 bits per heavy atom. The topological polar surface area (TPSA) is 63.5 Å². The first-order valence-electron chi connectivity index (χ1n) is 11.0. The SMILES string of the molecule is COc1ccc(/C=C/CN2CCC[C@@H](n3cc(C(=O)N4CCCCC4)nn3)C2)cc1. The summed E-state index contributed by atoms with van der Waals surface area (Å²) in [6, 6.07) is 8.34. The molecule has 2 aromatic rings. The third-order valence-corrected chi connectivity index (χ3v) is 6.02. The Labute approximate surface area is 178 Å². The van der Waals surface area contributed by atoms with Crippen LogP contribution in [0.25, 0.3) is 6.08 Å². The van der Waals surface area contributed by atoms with Crippen LogP contribution in [-0.2, 0) is 0 Å². The molecule has 0 unspecified atom stereocenters. The Balaban J connectivity index is 1.31. The van der Waals surface area contributed by atoms with Crippen LogP contribution in [0.3, 0.4) is 0 Å². The number of carbonyl (C=O) groups is 1. The van der Waals surface area contributed by atoms with Crippen molar-refractivity contribution in [2.75, 3.05) is 39.8 Å². The van der Waals surface area contributed by atoms with Gasteiger partial charge >= 0.3 is 0 Å². The highest BCUT2D eigenvalue weighted by Crippen LogP contribution is 2.21. The number of amides is 1. The lowest BCUT2D eigenvalue weighted by atomic mass is 10.1. The van der Waals surface area contributed by atoms with Crippen molar-refractivity contribution in [3.8, 4) is 5.75 Å². The van der Waals surface area contributed by atoms with E-state index in [4.69, 9.17) is 4.74 Å². The summed E-state index contributed by atoms with van der Waals surface area (Å²) in [7, 11) is 1.68. The minimum atomic E-state index is 0.0241. The summed E-state index contributed by atoms with van der Waals surface area (Å²) in [5, 5.41) is 8.48. The van der Waals surface area contributed by atoms with Gasteiger partial charge in [-0.25, -0.2) is 4.68 Å². The van der Waals surface area contributed by atoms with E-state index < -0.39 is 0 Å². The molecule has 1 aromatic heterocycles. The largest absolute Gasteiger partial charge is 0.497 e. The van der Waals surface area contributed by atoms with Crippen molar-refractivity contribution in [2.45, 2.75) is 38.1 Å². The van der Waals surface area contributed by atoms with Crippen molar-refractivity contribution >= 4 is 12.0 Å². The van der Waals surface area contributed by atoms with E-state index in [2.05, 4.69) is 39.5 Å². The summed E-state index contributed by atoms with van der Waals surface area (Å²) in [6.07, 6.45) is 11.8.